The number of benzene rings is 1. The Balaban J connectivity index is 1.64. The van der Waals surface area contributed by atoms with Gasteiger partial charge in [0, 0.05) is 38.2 Å². The molecule has 0 spiro atoms. The maximum atomic E-state index is 12.6. The van der Waals surface area contributed by atoms with E-state index in [4.69, 9.17) is 0 Å². The van der Waals surface area contributed by atoms with Crippen molar-refractivity contribution in [1.29, 1.82) is 0 Å². The van der Waals surface area contributed by atoms with Gasteiger partial charge in [-0.25, -0.2) is 12.7 Å². The minimum absolute atomic E-state index is 0.000136. The van der Waals surface area contributed by atoms with Crippen LogP contribution in [0.4, 0.5) is 0 Å². The monoisotopic (exact) mass is 421 g/mol. The molecule has 4 atom stereocenters. The van der Waals surface area contributed by atoms with Crippen molar-refractivity contribution in [3.63, 3.8) is 0 Å². The third kappa shape index (κ3) is 4.64. The van der Waals surface area contributed by atoms with Crippen molar-refractivity contribution in [2.24, 2.45) is 17.8 Å². The van der Waals surface area contributed by atoms with Gasteiger partial charge in [-0.1, -0.05) is 13.8 Å². The van der Waals surface area contributed by atoms with E-state index in [0.717, 1.165) is 23.6 Å². The van der Waals surface area contributed by atoms with Crippen molar-refractivity contribution in [3.05, 3.63) is 29.8 Å². The number of rotatable bonds is 5. The average Bonchev–Trinajstić information content (AvgIpc) is 2.66. The Hall–Kier alpha value is -1.93. The molecule has 8 heteroatoms. The minimum atomic E-state index is -3.52. The Labute approximate surface area is 173 Å². The highest BCUT2D eigenvalue weighted by molar-refractivity contribution is 7.89. The molecule has 2 aliphatic rings. The van der Waals surface area contributed by atoms with E-state index >= 15 is 0 Å². The van der Waals surface area contributed by atoms with Crippen molar-refractivity contribution >= 4 is 21.8 Å². The van der Waals surface area contributed by atoms with Gasteiger partial charge in [-0.2, -0.15) is 0 Å². The number of carbonyl (C=O) groups excluding carboxylic acids is 2. The lowest BCUT2D eigenvalue weighted by atomic mass is 9.67. The summed E-state index contributed by atoms with van der Waals surface area (Å²) in [6.45, 7) is 4.35. The van der Waals surface area contributed by atoms with Crippen LogP contribution in [-0.4, -0.2) is 50.7 Å². The van der Waals surface area contributed by atoms with Crippen molar-refractivity contribution < 1.29 is 18.0 Å². The summed E-state index contributed by atoms with van der Waals surface area (Å²) >= 11 is 0. The number of fused-ring (bicyclic) bond motifs is 1. The van der Waals surface area contributed by atoms with E-state index < -0.39 is 10.0 Å². The molecule has 2 amide bonds. The van der Waals surface area contributed by atoms with E-state index in [2.05, 4.69) is 24.5 Å². The molecule has 4 unspecified atom stereocenters. The van der Waals surface area contributed by atoms with E-state index in [9.17, 15) is 18.0 Å². The van der Waals surface area contributed by atoms with Crippen LogP contribution in [0.2, 0.25) is 0 Å². The first-order chi connectivity index (χ1) is 13.6. The standard InChI is InChI=1S/C21H31N3O4S/c1-13(2)18-12-20(25)23-19-11-15(7-10-17(18)19)22-21(26)14-5-8-16(9-6-14)29(27,28)24(3)4/h5-6,8-9,13,15,17-19H,7,10-12H2,1-4H3,(H,22,26)(H,23,25). The molecular weight excluding hydrogens is 390 g/mol. The Morgan fingerprint density at radius 3 is 2.41 bits per heavy atom. The summed E-state index contributed by atoms with van der Waals surface area (Å²) in [5.74, 6) is 1.23. The number of hydrogen-bond acceptors (Lipinski definition) is 4. The number of sulfonamides is 1. The van der Waals surface area contributed by atoms with Gasteiger partial charge in [-0.3, -0.25) is 9.59 Å². The SMILES string of the molecule is CC(C)C1CC(=O)NC2CC(NC(=O)c3ccc(S(=O)(=O)N(C)C)cc3)CCC21. The van der Waals surface area contributed by atoms with Crippen LogP contribution in [0.15, 0.2) is 29.2 Å². The number of nitrogens with zero attached hydrogens (tertiary/aromatic N) is 1. The quantitative estimate of drug-likeness (QED) is 0.760. The zero-order valence-corrected chi connectivity index (χ0v) is 18.3. The van der Waals surface area contributed by atoms with Crippen molar-refractivity contribution in [2.75, 3.05) is 14.1 Å². The fourth-order valence-corrected chi connectivity index (χ4v) is 5.52. The lowest BCUT2D eigenvalue weighted by Crippen LogP contribution is -2.56. The minimum Gasteiger partial charge on any atom is -0.353 e. The molecule has 0 bridgehead atoms. The predicted octanol–water partition coefficient (Wildman–Crippen LogP) is 2.00. The average molecular weight is 422 g/mol. The molecule has 1 aromatic carbocycles. The van der Waals surface area contributed by atoms with E-state index in [1.807, 2.05) is 0 Å². The lowest BCUT2D eigenvalue weighted by Gasteiger charge is -2.45. The Bertz CT molecular complexity index is 864. The van der Waals surface area contributed by atoms with Crippen LogP contribution >= 0.6 is 0 Å². The van der Waals surface area contributed by atoms with E-state index in [1.165, 1.54) is 38.4 Å². The van der Waals surface area contributed by atoms with Crippen LogP contribution in [0, 0.1) is 17.8 Å². The van der Waals surface area contributed by atoms with Crippen molar-refractivity contribution in [2.45, 2.75) is 56.5 Å². The second-order valence-electron chi connectivity index (χ2n) is 8.75. The topological polar surface area (TPSA) is 95.6 Å². The zero-order valence-electron chi connectivity index (χ0n) is 17.5. The molecule has 1 saturated heterocycles. The first-order valence-electron chi connectivity index (χ1n) is 10.2. The largest absolute Gasteiger partial charge is 0.353 e. The van der Waals surface area contributed by atoms with Crippen LogP contribution in [0.3, 0.4) is 0 Å². The fourth-order valence-electron chi connectivity index (χ4n) is 4.62. The first-order valence-corrected chi connectivity index (χ1v) is 11.7. The molecule has 160 valence electrons. The van der Waals surface area contributed by atoms with Crippen LogP contribution in [0.25, 0.3) is 0 Å². The second-order valence-corrected chi connectivity index (χ2v) is 10.9. The molecule has 1 aliphatic heterocycles. The molecule has 29 heavy (non-hydrogen) atoms. The van der Waals surface area contributed by atoms with E-state index in [-0.39, 0.29) is 28.8 Å². The molecule has 1 saturated carbocycles. The number of carbonyl (C=O) groups is 2. The molecule has 1 aromatic rings. The van der Waals surface area contributed by atoms with Gasteiger partial charge in [0.1, 0.15) is 0 Å². The molecule has 3 rings (SSSR count). The van der Waals surface area contributed by atoms with Gasteiger partial charge in [-0.15, -0.1) is 0 Å². The summed E-state index contributed by atoms with van der Waals surface area (Å²) in [7, 11) is -0.571. The normalized spacial score (nSPS) is 27.4. The molecular formula is C21H31N3O4S. The summed E-state index contributed by atoms with van der Waals surface area (Å²) in [5.41, 5.74) is 0.428. The molecule has 0 radical (unpaired) electrons. The Morgan fingerprint density at radius 2 is 1.83 bits per heavy atom. The third-order valence-electron chi connectivity index (χ3n) is 6.31. The van der Waals surface area contributed by atoms with Gasteiger partial charge >= 0.3 is 0 Å². The molecule has 1 heterocycles. The fraction of sp³-hybridized carbons (Fsp3) is 0.619. The van der Waals surface area contributed by atoms with Crippen molar-refractivity contribution in [3.8, 4) is 0 Å². The van der Waals surface area contributed by atoms with Crippen LogP contribution < -0.4 is 10.6 Å². The van der Waals surface area contributed by atoms with Crippen LogP contribution in [0.5, 0.6) is 0 Å². The maximum absolute atomic E-state index is 12.6. The van der Waals surface area contributed by atoms with Gasteiger partial charge < -0.3 is 10.6 Å². The van der Waals surface area contributed by atoms with Gasteiger partial charge in [0.15, 0.2) is 0 Å². The number of hydrogen-bond donors (Lipinski definition) is 2. The molecule has 2 fully saturated rings. The van der Waals surface area contributed by atoms with Gasteiger partial charge in [0.25, 0.3) is 5.91 Å². The second kappa shape index (κ2) is 8.44. The highest BCUT2D eigenvalue weighted by atomic mass is 32.2. The number of piperidine rings is 1. The highest BCUT2D eigenvalue weighted by Crippen LogP contribution is 2.39. The third-order valence-corrected chi connectivity index (χ3v) is 8.14. The Morgan fingerprint density at radius 1 is 1.17 bits per heavy atom. The van der Waals surface area contributed by atoms with Gasteiger partial charge in [-0.05, 0) is 61.3 Å². The Kier molecular flexibility index (Phi) is 6.33. The summed E-state index contributed by atoms with van der Waals surface area (Å²) in [6.07, 6.45) is 3.20. The number of nitrogens with one attached hydrogen (secondary N) is 2. The summed E-state index contributed by atoms with van der Waals surface area (Å²) in [4.78, 5) is 24.9. The highest BCUT2D eigenvalue weighted by Gasteiger charge is 2.41. The molecule has 2 N–H and O–H groups in total. The summed E-state index contributed by atoms with van der Waals surface area (Å²) in [5, 5.41) is 6.18. The van der Waals surface area contributed by atoms with Crippen LogP contribution in [0.1, 0.15) is 49.9 Å². The van der Waals surface area contributed by atoms with Gasteiger partial charge in [0.05, 0.1) is 4.90 Å². The van der Waals surface area contributed by atoms with E-state index in [1.54, 1.807) is 0 Å². The predicted molar refractivity (Wildman–Crippen MR) is 111 cm³/mol. The molecule has 0 aromatic heterocycles. The molecule has 7 nitrogen and oxygen atoms in total. The van der Waals surface area contributed by atoms with Crippen LogP contribution in [-0.2, 0) is 14.8 Å². The smallest absolute Gasteiger partial charge is 0.251 e. The lowest BCUT2D eigenvalue weighted by molar-refractivity contribution is -0.128. The summed E-state index contributed by atoms with van der Waals surface area (Å²) < 4.78 is 25.5. The maximum Gasteiger partial charge on any atom is 0.251 e. The number of amides is 2. The van der Waals surface area contributed by atoms with E-state index in [0.29, 0.717) is 29.7 Å². The van der Waals surface area contributed by atoms with Gasteiger partial charge in [0.2, 0.25) is 15.9 Å². The first kappa shape index (κ1) is 21.8. The summed E-state index contributed by atoms with van der Waals surface area (Å²) in [6, 6.07) is 6.09. The van der Waals surface area contributed by atoms with Crippen molar-refractivity contribution in [1.82, 2.24) is 14.9 Å². The zero-order chi connectivity index (χ0) is 21.3. The molecule has 1 aliphatic carbocycles.